The molecule has 0 aliphatic rings. The summed E-state index contributed by atoms with van der Waals surface area (Å²) in [6, 6.07) is 0. The zero-order valence-corrected chi connectivity index (χ0v) is 10.5. The van der Waals surface area contributed by atoms with E-state index in [4.69, 9.17) is 10.8 Å². The second-order valence-electron chi connectivity index (χ2n) is 3.23. The van der Waals surface area contributed by atoms with Crippen LogP contribution in [0.4, 0.5) is 0 Å². The normalized spacial score (nSPS) is 7.73. The molecule has 0 amide bonds. The maximum absolute atomic E-state index is 10.1. The number of carbonyl (C=O) groups excluding carboxylic acids is 2. The Balaban J connectivity index is -0.000000180. The maximum atomic E-state index is 10.1. The molecule has 0 heterocycles. The average Bonchev–Trinajstić information content (AvgIpc) is 1.79. The summed E-state index contributed by atoms with van der Waals surface area (Å²) in [5.41, 5.74) is 0.375. The smallest absolute Gasteiger partial charge is 0.811 e. The number of hydrogen-bond acceptors (Lipinski definition) is 2. The molecule has 0 rings (SSSR count). The van der Waals surface area contributed by atoms with Crippen molar-refractivity contribution in [2.45, 2.75) is 40.5 Å². The number of Topliss-reactive ketones (excluding diaryl/α,β-unsaturated/α-hetero) is 2. The molecule has 87 valence electrons. The minimum atomic E-state index is 0. The van der Waals surface area contributed by atoms with Gasteiger partial charge in [-0.2, -0.15) is 0 Å². The van der Waals surface area contributed by atoms with Crippen LogP contribution in [-0.2, 0) is 26.4 Å². The summed E-state index contributed by atoms with van der Waals surface area (Å²) in [6.45, 7) is 5.92. The predicted octanol–water partition coefficient (Wildman–Crippen LogP) is 1.99. The van der Waals surface area contributed by atoms with Crippen molar-refractivity contribution < 1.29 is 26.4 Å². The van der Waals surface area contributed by atoms with Gasteiger partial charge in [-0.15, -0.1) is 0 Å². The fourth-order valence-corrected chi connectivity index (χ4v) is 0.721. The zero-order chi connectivity index (χ0) is 11.7. The largest absolute Gasteiger partial charge is 2.00 e. The Morgan fingerprint density at radius 1 is 0.800 bits per heavy atom. The van der Waals surface area contributed by atoms with Crippen LogP contribution in [-0.4, -0.2) is 23.0 Å². The average molecular weight is 255 g/mol. The third-order valence-corrected chi connectivity index (χ3v) is 1.01. The van der Waals surface area contributed by atoms with Crippen LogP contribution in [0.2, 0.25) is 0 Å². The summed E-state index contributed by atoms with van der Waals surface area (Å²) in [5, 5.41) is 16.8. The van der Waals surface area contributed by atoms with E-state index in [1.165, 1.54) is 27.7 Å². The fourth-order valence-electron chi connectivity index (χ4n) is 0.721. The quantitative estimate of drug-likeness (QED) is 0.720. The molecule has 0 aliphatic carbocycles. The summed E-state index contributed by atoms with van der Waals surface area (Å²) in [5.74, 6) is 0.000000000000000444. The van der Waals surface area contributed by atoms with Gasteiger partial charge in [0.1, 0.15) is 11.6 Å². The first kappa shape index (κ1) is 19.7. The molecule has 0 N–H and O–H groups in total. The van der Waals surface area contributed by atoms with Crippen LogP contribution in [0, 0.1) is 0 Å². The molecule has 0 fully saturated rings. The molecular weight excluding hydrogens is 239 g/mol. The van der Waals surface area contributed by atoms with Crippen molar-refractivity contribution in [2.24, 2.45) is 0 Å². The Morgan fingerprint density at radius 2 is 1.00 bits per heavy atom. The van der Waals surface area contributed by atoms with Gasteiger partial charge in [-0.05, 0) is 13.8 Å². The van der Waals surface area contributed by atoms with Gasteiger partial charge in [0, 0.05) is 12.8 Å². The first-order valence-corrected chi connectivity index (χ1v) is 4.27. The monoisotopic (exact) mass is 255 g/mol. The molecule has 5 heteroatoms. The number of hydrogen-bond donors (Lipinski definition) is 0. The van der Waals surface area contributed by atoms with Crippen LogP contribution in [0.25, 0.3) is 10.8 Å². The zero-order valence-electron chi connectivity index (χ0n) is 9.46. The number of ketones is 2. The van der Waals surface area contributed by atoms with Gasteiger partial charge in [-0.1, -0.05) is 13.8 Å². The summed E-state index contributed by atoms with van der Waals surface area (Å²) in [4.78, 5) is 20.1. The van der Waals surface area contributed by atoms with E-state index >= 15 is 0 Å². The van der Waals surface area contributed by atoms with Crippen molar-refractivity contribution >= 4 is 23.0 Å². The van der Waals surface area contributed by atoms with E-state index in [1.807, 2.05) is 0 Å². The SMILES string of the molecule is CC(=[N-])CC(C)=O.CC(=[N-])CC(C)=O.[Co+2]. The Hall–Kier alpha value is -0.814. The van der Waals surface area contributed by atoms with Gasteiger partial charge in [0.2, 0.25) is 0 Å². The van der Waals surface area contributed by atoms with Crippen molar-refractivity contribution in [2.75, 3.05) is 0 Å². The van der Waals surface area contributed by atoms with Crippen LogP contribution in [0.15, 0.2) is 0 Å². The van der Waals surface area contributed by atoms with Crippen molar-refractivity contribution in [3.8, 4) is 0 Å². The fraction of sp³-hybridized carbons (Fsp3) is 0.600. The Kier molecular flexibility index (Phi) is 14.8. The van der Waals surface area contributed by atoms with Gasteiger partial charge >= 0.3 is 16.8 Å². The molecule has 0 saturated heterocycles. The molecule has 15 heavy (non-hydrogen) atoms. The number of carbonyl (C=O) groups is 2. The molecule has 0 atom stereocenters. The standard InChI is InChI=1S/2C5H8NO.Co/c2*1-4(6)3-5(2)7;/h2*3H2,1-2H3;/q2*-1;+2. The second kappa shape index (κ2) is 11.3. The van der Waals surface area contributed by atoms with E-state index < -0.39 is 0 Å². The van der Waals surface area contributed by atoms with Crippen molar-refractivity contribution in [3.05, 3.63) is 10.8 Å². The number of rotatable bonds is 4. The second-order valence-corrected chi connectivity index (χ2v) is 3.23. The molecule has 1 radical (unpaired) electrons. The third kappa shape index (κ3) is 32.0. The topological polar surface area (TPSA) is 78.7 Å². The van der Waals surface area contributed by atoms with Crippen molar-refractivity contribution in [1.82, 2.24) is 0 Å². The van der Waals surface area contributed by atoms with E-state index in [9.17, 15) is 9.59 Å². The molecular formula is C10H16CoN2O2. The summed E-state index contributed by atoms with van der Waals surface area (Å²) >= 11 is 0. The summed E-state index contributed by atoms with van der Waals surface area (Å²) in [7, 11) is 0. The first-order chi connectivity index (χ1) is 6.25. The molecule has 0 aromatic carbocycles. The van der Waals surface area contributed by atoms with E-state index in [-0.39, 0.29) is 52.6 Å². The van der Waals surface area contributed by atoms with Crippen LogP contribution >= 0.6 is 0 Å². The molecule has 0 unspecified atom stereocenters. The number of nitrogens with zero attached hydrogens (tertiary/aromatic N) is 2. The Bertz CT molecular complexity index is 200. The Labute approximate surface area is 101 Å². The third-order valence-electron chi connectivity index (χ3n) is 1.01. The van der Waals surface area contributed by atoms with E-state index in [1.54, 1.807) is 0 Å². The first-order valence-electron chi connectivity index (χ1n) is 4.27. The van der Waals surface area contributed by atoms with Crippen molar-refractivity contribution in [1.29, 1.82) is 0 Å². The van der Waals surface area contributed by atoms with E-state index in [0.717, 1.165) is 0 Å². The van der Waals surface area contributed by atoms with Crippen LogP contribution in [0.3, 0.4) is 0 Å². The predicted molar refractivity (Wildman–Crippen MR) is 58.7 cm³/mol. The maximum Gasteiger partial charge on any atom is 2.00 e. The molecule has 0 spiro atoms. The molecule has 0 aromatic rings. The van der Waals surface area contributed by atoms with Gasteiger partial charge in [0.25, 0.3) is 0 Å². The van der Waals surface area contributed by atoms with Gasteiger partial charge in [0.15, 0.2) is 0 Å². The molecule has 0 bridgehead atoms. The summed E-state index contributed by atoms with van der Waals surface area (Å²) in [6.07, 6.45) is 0.389. The molecule has 0 aliphatic heterocycles. The summed E-state index contributed by atoms with van der Waals surface area (Å²) < 4.78 is 0. The van der Waals surface area contributed by atoms with Crippen LogP contribution in [0.5, 0.6) is 0 Å². The van der Waals surface area contributed by atoms with E-state index in [2.05, 4.69) is 0 Å². The molecule has 0 aromatic heterocycles. The minimum Gasteiger partial charge on any atom is -0.811 e. The molecule has 0 saturated carbocycles. The van der Waals surface area contributed by atoms with Crippen LogP contribution < -0.4 is 0 Å². The van der Waals surface area contributed by atoms with Gasteiger partial charge < -0.3 is 10.8 Å². The van der Waals surface area contributed by atoms with Gasteiger partial charge in [-0.3, -0.25) is 9.59 Å². The Morgan fingerprint density at radius 3 is 1.00 bits per heavy atom. The van der Waals surface area contributed by atoms with Gasteiger partial charge in [-0.25, -0.2) is 11.4 Å². The van der Waals surface area contributed by atoms with E-state index in [0.29, 0.717) is 0 Å². The van der Waals surface area contributed by atoms with Gasteiger partial charge in [0.05, 0.1) is 0 Å². The van der Waals surface area contributed by atoms with Crippen molar-refractivity contribution in [3.63, 3.8) is 0 Å². The van der Waals surface area contributed by atoms with Crippen LogP contribution in [0.1, 0.15) is 40.5 Å². The molecule has 4 nitrogen and oxygen atoms in total. The minimum absolute atomic E-state index is 0.